The lowest BCUT2D eigenvalue weighted by Gasteiger charge is -2.12. The maximum absolute atomic E-state index is 12.9. The molecule has 0 aliphatic carbocycles. The quantitative estimate of drug-likeness (QED) is 0.414. The second-order valence-corrected chi connectivity index (χ2v) is 5.70. The molecule has 0 atom stereocenters. The fraction of sp³-hybridized carbons (Fsp3) is 0.0500. The monoisotopic (exact) mass is 365 g/mol. The predicted octanol–water partition coefficient (Wildman–Crippen LogP) is 2.80. The molecule has 0 unspecified atom stereocenters. The second-order valence-electron chi connectivity index (χ2n) is 5.70. The molecule has 2 N–H and O–H groups in total. The number of benzene rings is 2. The number of para-hydroxylation sites is 1. The summed E-state index contributed by atoms with van der Waals surface area (Å²) in [6, 6.07) is 12.2. The summed E-state index contributed by atoms with van der Waals surface area (Å²) in [4.78, 5) is 25.2. The highest BCUT2D eigenvalue weighted by molar-refractivity contribution is 6.02. The van der Waals surface area contributed by atoms with E-state index in [2.05, 4.69) is 17.1 Å². The van der Waals surface area contributed by atoms with E-state index in [1.165, 1.54) is 41.1 Å². The first-order valence-electron chi connectivity index (χ1n) is 8.07. The molecule has 0 spiro atoms. The van der Waals surface area contributed by atoms with Crippen LogP contribution in [-0.4, -0.2) is 21.8 Å². The molecule has 0 radical (unpaired) electrons. The highest BCUT2D eigenvalue weighted by atomic mass is 19.1. The minimum atomic E-state index is -0.848. The van der Waals surface area contributed by atoms with E-state index in [9.17, 15) is 19.1 Å². The fourth-order valence-corrected chi connectivity index (χ4v) is 2.67. The van der Waals surface area contributed by atoms with Crippen LogP contribution in [0.4, 0.5) is 4.39 Å². The van der Waals surface area contributed by atoms with Crippen molar-refractivity contribution in [1.29, 1.82) is 0 Å². The third kappa shape index (κ3) is 3.62. The fourth-order valence-electron chi connectivity index (χ4n) is 2.67. The normalized spacial score (nSPS) is 11.0. The van der Waals surface area contributed by atoms with Gasteiger partial charge in [0.25, 0.3) is 11.5 Å². The predicted molar refractivity (Wildman–Crippen MR) is 102 cm³/mol. The molecule has 7 heteroatoms. The van der Waals surface area contributed by atoms with Crippen LogP contribution < -0.4 is 11.0 Å². The van der Waals surface area contributed by atoms with Gasteiger partial charge in [-0.25, -0.2) is 9.82 Å². The molecular formula is C20H16FN3O3. The number of hydrazone groups is 1. The number of pyridine rings is 1. The van der Waals surface area contributed by atoms with Crippen molar-refractivity contribution in [2.45, 2.75) is 6.54 Å². The average Bonchev–Trinajstić information content (AvgIpc) is 2.67. The van der Waals surface area contributed by atoms with E-state index in [0.29, 0.717) is 16.5 Å². The number of rotatable bonds is 5. The van der Waals surface area contributed by atoms with E-state index in [1.54, 1.807) is 24.3 Å². The van der Waals surface area contributed by atoms with E-state index in [-0.39, 0.29) is 12.4 Å². The number of amides is 1. The smallest absolute Gasteiger partial charge is 0.280 e. The maximum Gasteiger partial charge on any atom is 0.280 e. The van der Waals surface area contributed by atoms with E-state index in [1.807, 2.05) is 0 Å². The number of aromatic nitrogens is 1. The first-order chi connectivity index (χ1) is 13.0. The number of allylic oxidation sites excluding steroid dienone is 1. The Morgan fingerprint density at radius 3 is 2.63 bits per heavy atom. The van der Waals surface area contributed by atoms with Crippen LogP contribution in [0.3, 0.4) is 0 Å². The van der Waals surface area contributed by atoms with Crippen LogP contribution in [0, 0.1) is 5.82 Å². The summed E-state index contributed by atoms with van der Waals surface area (Å²) in [5.41, 5.74) is 2.20. The SMILES string of the molecule is C=CCn1c(=O)c(C(=O)N/N=C\c2ccc(F)cc2)c(O)c2ccccc21. The number of fused-ring (bicyclic) bond motifs is 1. The average molecular weight is 365 g/mol. The van der Waals surface area contributed by atoms with Gasteiger partial charge < -0.3 is 9.67 Å². The Morgan fingerprint density at radius 1 is 1.22 bits per heavy atom. The Bertz CT molecular complexity index is 1100. The highest BCUT2D eigenvalue weighted by Crippen LogP contribution is 2.26. The number of aromatic hydroxyl groups is 1. The van der Waals surface area contributed by atoms with Gasteiger partial charge >= 0.3 is 0 Å². The molecular weight excluding hydrogens is 349 g/mol. The molecule has 0 saturated carbocycles. The van der Waals surface area contributed by atoms with Gasteiger partial charge in [-0.05, 0) is 29.8 Å². The van der Waals surface area contributed by atoms with Gasteiger partial charge in [0, 0.05) is 11.9 Å². The summed E-state index contributed by atoms with van der Waals surface area (Å²) in [6.45, 7) is 3.80. The molecule has 6 nitrogen and oxygen atoms in total. The molecule has 136 valence electrons. The minimum Gasteiger partial charge on any atom is -0.506 e. The Labute approximate surface area is 153 Å². The molecule has 0 saturated heterocycles. The van der Waals surface area contributed by atoms with Crippen molar-refractivity contribution in [2.24, 2.45) is 5.10 Å². The summed E-state index contributed by atoms with van der Waals surface area (Å²) in [6.07, 6.45) is 2.83. The lowest BCUT2D eigenvalue weighted by Crippen LogP contribution is -2.31. The molecule has 2 aromatic carbocycles. The molecule has 1 amide bonds. The van der Waals surface area contributed by atoms with Gasteiger partial charge in [0.2, 0.25) is 0 Å². The molecule has 0 bridgehead atoms. The highest BCUT2D eigenvalue weighted by Gasteiger charge is 2.21. The molecule has 3 rings (SSSR count). The van der Waals surface area contributed by atoms with Gasteiger partial charge in [-0.15, -0.1) is 6.58 Å². The largest absolute Gasteiger partial charge is 0.506 e. The van der Waals surface area contributed by atoms with Gasteiger partial charge in [-0.3, -0.25) is 9.59 Å². The Morgan fingerprint density at radius 2 is 1.93 bits per heavy atom. The zero-order chi connectivity index (χ0) is 19.4. The molecule has 27 heavy (non-hydrogen) atoms. The van der Waals surface area contributed by atoms with Crippen molar-refractivity contribution in [3.63, 3.8) is 0 Å². The van der Waals surface area contributed by atoms with Gasteiger partial charge in [0.15, 0.2) is 0 Å². The van der Waals surface area contributed by atoms with Crippen molar-refractivity contribution in [3.8, 4) is 5.75 Å². The van der Waals surface area contributed by atoms with Crippen LogP contribution in [0.5, 0.6) is 5.75 Å². The van der Waals surface area contributed by atoms with Gasteiger partial charge in [0.1, 0.15) is 17.1 Å². The van der Waals surface area contributed by atoms with E-state index in [0.717, 1.165) is 0 Å². The summed E-state index contributed by atoms with van der Waals surface area (Å²) < 4.78 is 14.2. The molecule has 1 heterocycles. The zero-order valence-corrected chi connectivity index (χ0v) is 14.2. The zero-order valence-electron chi connectivity index (χ0n) is 14.2. The second kappa shape index (κ2) is 7.65. The minimum absolute atomic E-state index is 0.179. The summed E-state index contributed by atoms with van der Waals surface area (Å²) >= 11 is 0. The lowest BCUT2D eigenvalue weighted by molar-refractivity contribution is 0.0950. The Hall–Kier alpha value is -3.74. The third-order valence-electron chi connectivity index (χ3n) is 3.93. The van der Waals surface area contributed by atoms with Crippen molar-refractivity contribution in [3.05, 3.63) is 88.5 Å². The topological polar surface area (TPSA) is 83.7 Å². The standard InChI is InChI=1S/C20H16FN3O3/c1-2-11-24-16-6-4-3-5-15(16)18(25)17(20(24)27)19(26)23-22-12-13-7-9-14(21)10-8-13/h2-10,12,25H,1,11H2,(H,23,26)/b22-12-. The van der Waals surface area contributed by atoms with Crippen molar-refractivity contribution < 1.29 is 14.3 Å². The number of carbonyl (C=O) groups excluding carboxylic acids is 1. The van der Waals surface area contributed by atoms with Crippen LogP contribution in [0.15, 0.2) is 71.1 Å². The Balaban J connectivity index is 1.97. The van der Waals surface area contributed by atoms with Crippen LogP contribution >= 0.6 is 0 Å². The van der Waals surface area contributed by atoms with Crippen LogP contribution in [0.1, 0.15) is 15.9 Å². The molecule has 0 fully saturated rings. The number of hydrogen-bond acceptors (Lipinski definition) is 4. The molecule has 1 aromatic heterocycles. The number of halogens is 1. The summed E-state index contributed by atoms with van der Waals surface area (Å²) in [5.74, 6) is -1.65. The molecule has 3 aromatic rings. The molecule has 0 aliphatic rings. The van der Waals surface area contributed by atoms with Gasteiger partial charge in [0.05, 0.1) is 11.7 Å². The van der Waals surface area contributed by atoms with Crippen molar-refractivity contribution in [2.75, 3.05) is 0 Å². The van der Waals surface area contributed by atoms with Gasteiger partial charge in [-0.2, -0.15) is 5.10 Å². The summed E-state index contributed by atoms with van der Waals surface area (Å²) in [7, 11) is 0. The first-order valence-corrected chi connectivity index (χ1v) is 8.07. The van der Waals surface area contributed by atoms with Crippen LogP contribution in [0.25, 0.3) is 10.9 Å². The first kappa shape index (κ1) is 18.1. The number of hydrogen-bond donors (Lipinski definition) is 2. The number of carbonyl (C=O) groups is 1. The van der Waals surface area contributed by atoms with E-state index in [4.69, 9.17) is 0 Å². The van der Waals surface area contributed by atoms with Crippen LogP contribution in [-0.2, 0) is 6.54 Å². The lowest BCUT2D eigenvalue weighted by atomic mass is 10.1. The van der Waals surface area contributed by atoms with E-state index >= 15 is 0 Å². The molecule has 0 aliphatic heterocycles. The maximum atomic E-state index is 12.9. The van der Waals surface area contributed by atoms with E-state index < -0.39 is 22.8 Å². The van der Waals surface area contributed by atoms with Crippen LogP contribution in [0.2, 0.25) is 0 Å². The number of nitrogens with one attached hydrogen (secondary N) is 1. The Kier molecular flexibility index (Phi) is 5.12. The van der Waals surface area contributed by atoms with Gasteiger partial charge in [-0.1, -0.05) is 30.3 Å². The summed E-state index contributed by atoms with van der Waals surface area (Å²) in [5, 5.41) is 14.6. The number of nitrogens with zero attached hydrogens (tertiary/aromatic N) is 2. The van der Waals surface area contributed by atoms with Crippen molar-refractivity contribution >= 4 is 23.0 Å². The third-order valence-corrected chi connectivity index (χ3v) is 3.93. The van der Waals surface area contributed by atoms with Crippen molar-refractivity contribution in [1.82, 2.24) is 9.99 Å².